The Morgan fingerprint density at radius 1 is 1.10 bits per heavy atom. The van der Waals surface area contributed by atoms with E-state index in [1.54, 1.807) is 68.7 Å². The fraction of sp³-hybridized carbons (Fsp3) is 0.321. The SMILES string of the molecule is C[C@H]1CN([C@@H](C)CO)S(=O)(=O)c2ccc(C#Cc3ccncc3)cc2O[C@H]1CN(C)S(=O)(=O)c1ccccc1. The van der Waals surface area contributed by atoms with Gasteiger partial charge in [-0.2, -0.15) is 8.61 Å². The molecule has 0 saturated heterocycles. The molecular formula is C28H31N3O6S2. The maximum Gasteiger partial charge on any atom is 0.247 e. The fourth-order valence-corrected chi connectivity index (χ4v) is 7.25. The Balaban J connectivity index is 1.75. The largest absolute Gasteiger partial charge is 0.487 e. The third-order valence-corrected chi connectivity index (χ3v) is 10.4. The maximum absolute atomic E-state index is 13.7. The van der Waals surface area contributed by atoms with Crippen LogP contribution in [0.3, 0.4) is 0 Å². The van der Waals surface area contributed by atoms with Gasteiger partial charge in [-0.1, -0.05) is 37.0 Å². The summed E-state index contributed by atoms with van der Waals surface area (Å²) in [6.45, 7) is 3.08. The molecule has 9 nitrogen and oxygen atoms in total. The summed E-state index contributed by atoms with van der Waals surface area (Å²) in [6.07, 6.45) is 2.56. The smallest absolute Gasteiger partial charge is 0.247 e. The predicted molar refractivity (Wildman–Crippen MR) is 147 cm³/mol. The molecule has 0 saturated carbocycles. The van der Waals surface area contributed by atoms with Gasteiger partial charge >= 0.3 is 0 Å². The summed E-state index contributed by atoms with van der Waals surface area (Å²) in [6, 6.07) is 15.5. The number of hydrogen-bond donors (Lipinski definition) is 1. The van der Waals surface area contributed by atoms with Crippen molar-refractivity contribution in [1.82, 2.24) is 13.6 Å². The number of sulfonamides is 2. The van der Waals surface area contributed by atoms with Crippen LogP contribution >= 0.6 is 0 Å². The molecule has 39 heavy (non-hydrogen) atoms. The molecule has 3 atom stereocenters. The molecule has 3 aromatic rings. The van der Waals surface area contributed by atoms with Crippen molar-refractivity contribution in [2.24, 2.45) is 5.92 Å². The molecule has 1 aromatic heterocycles. The summed E-state index contributed by atoms with van der Waals surface area (Å²) >= 11 is 0. The third kappa shape index (κ3) is 6.32. The number of hydrogen-bond acceptors (Lipinski definition) is 7. The molecule has 4 rings (SSSR count). The molecule has 2 heterocycles. The lowest BCUT2D eigenvalue weighted by Gasteiger charge is -2.37. The van der Waals surface area contributed by atoms with Gasteiger partial charge in [0, 0.05) is 49.1 Å². The van der Waals surface area contributed by atoms with E-state index in [0.29, 0.717) is 5.56 Å². The van der Waals surface area contributed by atoms with Crippen molar-refractivity contribution < 1.29 is 26.7 Å². The number of aliphatic hydroxyl groups excluding tert-OH is 1. The maximum atomic E-state index is 13.7. The van der Waals surface area contributed by atoms with Crippen molar-refractivity contribution in [2.75, 3.05) is 26.7 Å². The second-order valence-corrected chi connectivity index (χ2v) is 13.4. The number of likely N-dealkylation sites (N-methyl/N-ethyl adjacent to an activating group) is 1. The van der Waals surface area contributed by atoms with E-state index in [1.165, 1.54) is 33.9 Å². The summed E-state index contributed by atoms with van der Waals surface area (Å²) in [7, 11) is -6.37. The Morgan fingerprint density at radius 3 is 2.44 bits per heavy atom. The quantitative estimate of drug-likeness (QED) is 0.454. The van der Waals surface area contributed by atoms with Gasteiger partial charge in [0.25, 0.3) is 0 Å². The van der Waals surface area contributed by atoms with Crippen molar-refractivity contribution in [3.05, 3.63) is 84.2 Å². The predicted octanol–water partition coefficient (Wildman–Crippen LogP) is 2.57. The first-order valence-corrected chi connectivity index (χ1v) is 15.3. The summed E-state index contributed by atoms with van der Waals surface area (Å²) in [5.74, 6) is 5.70. The Kier molecular flexibility index (Phi) is 8.73. The molecule has 0 aliphatic carbocycles. The molecule has 11 heteroatoms. The van der Waals surface area contributed by atoms with E-state index in [9.17, 15) is 21.9 Å². The minimum atomic E-state index is -4.03. The number of rotatable bonds is 6. The second kappa shape index (κ2) is 11.9. The van der Waals surface area contributed by atoms with Gasteiger partial charge in [-0.05, 0) is 49.4 Å². The first kappa shape index (κ1) is 28.7. The highest BCUT2D eigenvalue weighted by atomic mass is 32.2. The van der Waals surface area contributed by atoms with Crippen molar-refractivity contribution in [1.29, 1.82) is 0 Å². The average Bonchev–Trinajstić information content (AvgIpc) is 2.94. The third-order valence-electron chi connectivity index (χ3n) is 6.59. The number of fused-ring (bicyclic) bond motifs is 1. The Hall–Kier alpha value is -3.27. The lowest BCUT2D eigenvalue weighted by atomic mass is 10.0. The first-order valence-electron chi connectivity index (χ1n) is 12.4. The fourth-order valence-electron chi connectivity index (χ4n) is 4.22. The molecule has 0 radical (unpaired) electrons. The second-order valence-electron chi connectivity index (χ2n) is 9.49. The number of aromatic nitrogens is 1. The zero-order valence-electron chi connectivity index (χ0n) is 21.9. The van der Waals surface area contributed by atoms with Crippen molar-refractivity contribution in [2.45, 2.75) is 35.8 Å². The van der Waals surface area contributed by atoms with Crippen LogP contribution in [0.15, 0.2) is 82.8 Å². The van der Waals surface area contributed by atoms with Crippen LogP contribution in [-0.4, -0.2) is 74.4 Å². The van der Waals surface area contributed by atoms with Crippen LogP contribution in [0.2, 0.25) is 0 Å². The molecule has 0 unspecified atom stereocenters. The molecule has 1 aliphatic heterocycles. The number of benzene rings is 2. The molecule has 1 N–H and O–H groups in total. The average molecular weight is 570 g/mol. The van der Waals surface area contributed by atoms with Crippen LogP contribution < -0.4 is 4.74 Å². The van der Waals surface area contributed by atoms with E-state index in [2.05, 4.69) is 16.8 Å². The summed E-state index contributed by atoms with van der Waals surface area (Å²) in [5.41, 5.74) is 1.27. The van der Waals surface area contributed by atoms with Crippen molar-refractivity contribution >= 4 is 20.0 Å². The van der Waals surface area contributed by atoms with E-state index in [0.717, 1.165) is 5.56 Å². The molecule has 0 fully saturated rings. The van der Waals surface area contributed by atoms with Gasteiger partial charge in [-0.3, -0.25) is 4.98 Å². The van der Waals surface area contributed by atoms with Crippen LogP contribution in [-0.2, 0) is 20.0 Å². The van der Waals surface area contributed by atoms with Gasteiger partial charge in [0.2, 0.25) is 20.0 Å². The van der Waals surface area contributed by atoms with Crippen LogP contribution in [0.5, 0.6) is 5.75 Å². The normalized spacial score (nSPS) is 20.0. The Labute approximate surface area is 230 Å². The lowest BCUT2D eigenvalue weighted by Crippen LogP contribution is -2.50. The Bertz CT molecular complexity index is 1570. The lowest BCUT2D eigenvalue weighted by molar-refractivity contribution is 0.0904. The molecule has 0 spiro atoms. The van der Waals surface area contributed by atoms with Crippen molar-refractivity contribution in [3.8, 4) is 17.6 Å². The van der Waals surface area contributed by atoms with Crippen molar-refractivity contribution in [3.63, 3.8) is 0 Å². The molecule has 0 bridgehead atoms. The summed E-state index contributed by atoms with van der Waals surface area (Å²) in [4.78, 5) is 4.06. The number of ether oxygens (including phenoxy) is 1. The van der Waals surface area contributed by atoms with Gasteiger partial charge in [-0.15, -0.1) is 0 Å². The van der Waals surface area contributed by atoms with Crippen LogP contribution in [0.25, 0.3) is 0 Å². The van der Waals surface area contributed by atoms with E-state index in [4.69, 9.17) is 4.74 Å². The van der Waals surface area contributed by atoms with Crippen LogP contribution in [0, 0.1) is 17.8 Å². The van der Waals surface area contributed by atoms with Crippen LogP contribution in [0.4, 0.5) is 0 Å². The van der Waals surface area contributed by atoms with Crippen LogP contribution in [0.1, 0.15) is 25.0 Å². The summed E-state index contributed by atoms with van der Waals surface area (Å²) < 4.78 is 62.5. The zero-order chi connectivity index (χ0) is 28.2. The van der Waals surface area contributed by atoms with Gasteiger partial charge < -0.3 is 9.84 Å². The van der Waals surface area contributed by atoms with Gasteiger partial charge in [0.05, 0.1) is 18.0 Å². The molecular weight excluding hydrogens is 538 g/mol. The minimum absolute atomic E-state index is 0.0217. The van der Waals surface area contributed by atoms with E-state index in [1.807, 2.05) is 0 Å². The van der Waals surface area contributed by atoms with E-state index >= 15 is 0 Å². The standard InChI is InChI=1S/C28H31N3O6S2/c1-21-18-31(22(2)20-32)39(35,36)28-12-11-24(10-9-23-13-15-29-16-14-23)17-26(28)37-27(21)19-30(3)38(33,34)25-7-5-4-6-8-25/h4-8,11-17,21-22,27,32H,18-20H2,1-3H3/t21-,22-,27-/m0/s1. The van der Waals surface area contributed by atoms with E-state index in [-0.39, 0.29) is 35.2 Å². The molecule has 206 valence electrons. The number of aliphatic hydroxyl groups is 1. The van der Waals surface area contributed by atoms with Gasteiger partial charge in [-0.25, -0.2) is 16.8 Å². The number of nitrogens with zero attached hydrogens (tertiary/aromatic N) is 3. The Morgan fingerprint density at radius 2 is 1.77 bits per heavy atom. The molecule has 1 aliphatic rings. The number of pyridine rings is 1. The highest BCUT2D eigenvalue weighted by Crippen LogP contribution is 2.34. The highest BCUT2D eigenvalue weighted by molar-refractivity contribution is 7.89. The van der Waals surface area contributed by atoms with Gasteiger partial charge in [0.15, 0.2) is 0 Å². The van der Waals surface area contributed by atoms with Gasteiger partial charge in [0.1, 0.15) is 16.7 Å². The topological polar surface area (TPSA) is 117 Å². The molecule has 0 amide bonds. The monoisotopic (exact) mass is 569 g/mol. The molecule has 2 aromatic carbocycles. The van der Waals surface area contributed by atoms with E-state index < -0.39 is 38.1 Å². The minimum Gasteiger partial charge on any atom is -0.487 e. The first-order chi connectivity index (χ1) is 18.5. The summed E-state index contributed by atoms with van der Waals surface area (Å²) in [5, 5.41) is 9.83. The zero-order valence-corrected chi connectivity index (χ0v) is 23.6. The highest BCUT2D eigenvalue weighted by Gasteiger charge is 2.39.